The molecule has 2 atom stereocenters. The van der Waals surface area contributed by atoms with Crippen LogP contribution in [0.4, 0.5) is 0 Å². The van der Waals surface area contributed by atoms with E-state index in [0.29, 0.717) is 12.1 Å². The monoisotopic (exact) mass is 276 g/mol. The summed E-state index contributed by atoms with van der Waals surface area (Å²) in [5.41, 5.74) is 1.39. The minimum Gasteiger partial charge on any atom is -0.309 e. The molecule has 0 saturated heterocycles. The molecule has 1 rings (SSSR count). The third kappa shape index (κ3) is 6.06. The molecule has 0 spiro atoms. The lowest BCUT2D eigenvalue weighted by molar-refractivity contribution is 0.205. The molecule has 0 fully saturated rings. The molecule has 1 N–H and O–H groups in total. The average Bonchev–Trinajstić information content (AvgIpc) is 2.43. The van der Waals surface area contributed by atoms with Gasteiger partial charge in [0.2, 0.25) is 0 Å². The van der Waals surface area contributed by atoms with Gasteiger partial charge in [0.1, 0.15) is 0 Å². The van der Waals surface area contributed by atoms with Crippen LogP contribution in [-0.4, -0.2) is 31.1 Å². The minimum absolute atomic E-state index is 0.427. The number of hydrogen-bond acceptors (Lipinski definition) is 2. The van der Waals surface area contributed by atoms with Crippen molar-refractivity contribution in [1.29, 1.82) is 0 Å². The Labute approximate surface area is 125 Å². The van der Waals surface area contributed by atoms with Gasteiger partial charge in [-0.1, -0.05) is 51.1 Å². The normalized spacial score (nSPS) is 14.8. The molecule has 0 saturated carbocycles. The number of rotatable bonds is 9. The highest BCUT2D eigenvalue weighted by Gasteiger charge is 2.17. The Morgan fingerprint density at radius 2 is 1.75 bits per heavy atom. The summed E-state index contributed by atoms with van der Waals surface area (Å²) in [6.07, 6.45) is 2.43. The lowest BCUT2D eigenvalue weighted by atomic mass is 10.0. The fourth-order valence-corrected chi connectivity index (χ4v) is 2.62. The lowest BCUT2D eigenvalue weighted by Crippen LogP contribution is -2.38. The van der Waals surface area contributed by atoms with Crippen molar-refractivity contribution in [3.05, 3.63) is 35.9 Å². The topological polar surface area (TPSA) is 15.3 Å². The van der Waals surface area contributed by atoms with Crippen LogP contribution in [0.1, 0.15) is 52.1 Å². The Hall–Kier alpha value is -0.860. The van der Waals surface area contributed by atoms with E-state index in [9.17, 15) is 0 Å². The quantitative estimate of drug-likeness (QED) is 0.730. The maximum Gasteiger partial charge on any atom is 0.0449 e. The molecule has 0 aliphatic rings. The highest BCUT2D eigenvalue weighted by molar-refractivity contribution is 5.19. The summed E-state index contributed by atoms with van der Waals surface area (Å²) in [6, 6.07) is 11.9. The number of nitrogens with one attached hydrogen (secondary N) is 1. The van der Waals surface area contributed by atoms with Crippen LogP contribution in [0.5, 0.6) is 0 Å². The molecule has 0 aliphatic heterocycles. The van der Waals surface area contributed by atoms with E-state index in [1.165, 1.54) is 18.4 Å². The van der Waals surface area contributed by atoms with E-state index < -0.39 is 0 Å². The average molecular weight is 276 g/mol. The molecule has 20 heavy (non-hydrogen) atoms. The molecular weight excluding hydrogens is 244 g/mol. The van der Waals surface area contributed by atoms with Crippen molar-refractivity contribution in [2.45, 2.75) is 52.6 Å². The van der Waals surface area contributed by atoms with Crippen molar-refractivity contribution in [1.82, 2.24) is 10.2 Å². The lowest BCUT2D eigenvalue weighted by Gasteiger charge is -2.31. The van der Waals surface area contributed by atoms with Crippen LogP contribution in [-0.2, 0) is 0 Å². The van der Waals surface area contributed by atoms with E-state index in [1.807, 2.05) is 0 Å². The molecule has 0 amide bonds. The molecule has 0 bridgehead atoms. The zero-order valence-electron chi connectivity index (χ0n) is 13.9. The molecule has 2 nitrogen and oxygen atoms in total. The Balaban J connectivity index is 2.65. The largest absolute Gasteiger partial charge is 0.309 e. The van der Waals surface area contributed by atoms with Gasteiger partial charge in [-0.15, -0.1) is 0 Å². The van der Waals surface area contributed by atoms with Crippen LogP contribution in [0.15, 0.2) is 30.3 Å². The van der Waals surface area contributed by atoms with Crippen molar-refractivity contribution in [3.63, 3.8) is 0 Å². The highest BCUT2D eigenvalue weighted by Crippen LogP contribution is 2.17. The molecule has 2 unspecified atom stereocenters. The number of benzene rings is 1. The molecular formula is C18H32N2. The fraction of sp³-hybridized carbons (Fsp3) is 0.667. The molecule has 0 heterocycles. The second-order valence-corrected chi connectivity index (χ2v) is 6.34. The van der Waals surface area contributed by atoms with E-state index in [0.717, 1.165) is 19.0 Å². The molecule has 2 heteroatoms. The van der Waals surface area contributed by atoms with Crippen LogP contribution in [0.25, 0.3) is 0 Å². The van der Waals surface area contributed by atoms with Gasteiger partial charge >= 0.3 is 0 Å². The van der Waals surface area contributed by atoms with E-state index >= 15 is 0 Å². The minimum atomic E-state index is 0.427. The van der Waals surface area contributed by atoms with Crippen molar-refractivity contribution < 1.29 is 0 Å². The summed E-state index contributed by atoms with van der Waals surface area (Å²) < 4.78 is 0. The smallest absolute Gasteiger partial charge is 0.0449 e. The van der Waals surface area contributed by atoms with Gasteiger partial charge in [0, 0.05) is 18.6 Å². The summed E-state index contributed by atoms with van der Waals surface area (Å²) in [5, 5.41) is 3.68. The van der Waals surface area contributed by atoms with Crippen LogP contribution in [0.3, 0.4) is 0 Å². The summed E-state index contributed by atoms with van der Waals surface area (Å²) in [7, 11) is 2.25. The molecule has 0 aromatic heterocycles. The third-order valence-corrected chi connectivity index (χ3v) is 3.88. The summed E-state index contributed by atoms with van der Waals surface area (Å²) in [6.45, 7) is 11.3. The van der Waals surface area contributed by atoms with Gasteiger partial charge in [0.05, 0.1) is 0 Å². The van der Waals surface area contributed by atoms with Crippen LogP contribution >= 0.6 is 0 Å². The first kappa shape index (κ1) is 17.2. The second-order valence-electron chi connectivity index (χ2n) is 6.34. The summed E-state index contributed by atoms with van der Waals surface area (Å²) >= 11 is 0. The third-order valence-electron chi connectivity index (χ3n) is 3.88. The molecule has 1 aromatic carbocycles. The van der Waals surface area contributed by atoms with E-state index in [-0.39, 0.29) is 0 Å². The molecule has 114 valence electrons. The van der Waals surface area contributed by atoms with Crippen molar-refractivity contribution in [3.8, 4) is 0 Å². The first-order chi connectivity index (χ1) is 9.54. The van der Waals surface area contributed by atoms with Gasteiger partial charge in [0.15, 0.2) is 0 Å². The summed E-state index contributed by atoms with van der Waals surface area (Å²) in [5.74, 6) is 0.756. The Kier molecular flexibility index (Phi) is 7.86. The van der Waals surface area contributed by atoms with E-state index in [1.54, 1.807) is 0 Å². The van der Waals surface area contributed by atoms with Gasteiger partial charge < -0.3 is 10.2 Å². The Morgan fingerprint density at radius 1 is 1.10 bits per heavy atom. The maximum atomic E-state index is 3.68. The van der Waals surface area contributed by atoms with Crippen LogP contribution in [0.2, 0.25) is 0 Å². The van der Waals surface area contributed by atoms with Crippen molar-refractivity contribution in [2.75, 3.05) is 20.1 Å². The summed E-state index contributed by atoms with van der Waals surface area (Å²) in [4.78, 5) is 2.49. The predicted octanol–water partition coefficient (Wildman–Crippen LogP) is 4.09. The number of likely N-dealkylation sites (N-methyl/N-ethyl adjacent to an activating group) is 1. The van der Waals surface area contributed by atoms with Crippen molar-refractivity contribution in [2.24, 2.45) is 5.92 Å². The van der Waals surface area contributed by atoms with Crippen LogP contribution < -0.4 is 5.32 Å². The standard InChI is InChI=1S/C18H32N2/c1-6-12-19-18(17-10-8-7-9-11-17)14-20(5)16(4)13-15(2)3/h7-11,15-16,18-19H,6,12-14H2,1-5H3. The maximum absolute atomic E-state index is 3.68. The SMILES string of the molecule is CCCNC(CN(C)C(C)CC(C)C)c1ccccc1. The van der Waals surface area contributed by atoms with Gasteiger partial charge in [-0.25, -0.2) is 0 Å². The molecule has 0 radical (unpaired) electrons. The molecule has 0 aliphatic carbocycles. The van der Waals surface area contributed by atoms with Crippen LogP contribution in [0, 0.1) is 5.92 Å². The zero-order chi connectivity index (χ0) is 15.0. The van der Waals surface area contributed by atoms with Gasteiger partial charge in [-0.3, -0.25) is 0 Å². The van der Waals surface area contributed by atoms with E-state index in [4.69, 9.17) is 0 Å². The highest BCUT2D eigenvalue weighted by atomic mass is 15.1. The first-order valence-electron chi connectivity index (χ1n) is 8.03. The Morgan fingerprint density at radius 3 is 2.30 bits per heavy atom. The number of nitrogens with zero attached hydrogens (tertiary/aromatic N) is 1. The second kappa shape index (κ2) is 9.15. The Bertz CT molecular complexity index is 348. The molecule has 1 aromatic rings. The first-order valence-corrected chi connectivity index (χ1v) is 8.03. The van der Waals surface area contributed by atoms with E-state index in [2.05, 4.69) is 75.3 Å². The van der Waals surface area contributed by atoms with Crippen molar-refractivity contribution >= 4 is 0 Å². The zero-order valence-corrected chi connectivity index (χ0v) is 13.9. The predicted molar refractivity (Wildman–Crippen MR) is 89.0 cm³/mol. The number of hydrogen-bond donors (Lipinski definition) is 1. The fourth-order valence-electron chi connectivity index (χ4n) is 2.62. The van der Waals surface area contributed by atoms with Gasteiger partial charge in [-0.05, 0) is 44.8 Å². The van der Waals surface area contributed by atoms with Gasteiger partial charge in [-0.2, -0.15) is 0 Å². The van der Waals surface area contributed by atoms with Gasteiger partial charge in [0.25, 0.3) is 0 Å².